The van der Waals surface area contributed by atoms with E-state index in [2.05, 4.69) is 15.9 Å². The van der Waals surface area contributed by atoms with E-state index in [9.17, 15) is 8.42 Å². The van der Waals surface area contributed by atoms with E-state index in [1.54, 1.807) is 6.07 Å². The van der Waals surface area contributed by atoms with Gasteiger partial charge in [0, 0.05) is 22.7 Å². The Labute approximate surface area is 115 Å². The number of nitrogen functional groups attached to an aromatic ring is 1. The number of anilines is 1. The van der Waals surface area contributed by atoms with Gasteiger partial charge in [0.15, 0.2) is 0 Å². The Hall–Kier alpha value is -0.630. The van der Waals surface area contributed by atoms with Gasteiger partial charge in [-0.15, -0.1) is 0 Å². The number of nitrogens with zero attached hydrogens (tertiary/aromatic N) is 1. The molecule has 1 atom stereocenters. The smallest absolute Gasteiger partial charge is 0.243 e. The van der Waals surface area contributed by atoms with Crippen LogP contribution >= 0.6 is 15.9 Å². The molecule has 0 spiro atoms. The minimum Gasteiger partial charge on any atom is -0.398 e. The van der Waals surface area contributed by atoms with Crippen molar-refractivity contribution in [1.29, 1.82) is 0 Å². The molecular formula is C11H15BrN2O3S. The first-order valence-electron chi connectivity index (χ1n) is 5.57. The molecule has 2 N–H and O–H groups in total. The maximum Gasteiger partial charge on any atom is 0.243 e. The monoisotopic (exact) mass is 334 g/mol. The molecule has 18 heavy (non-hydrogen) atoms. The lowest BCUT2D eigenvalue weighted by atomic mass is 10.3. The standard InChI is InChI=1S/C11H15BrN2O3S/c1-8-7-17-5-4-14(8)18(15,16)9-2-3-11(13)10(12)6-9/h2-3,6,8H,4-5,7,13H2,1H3/t8-/m1/s1. The number of rotatable bonds is 2. The van der Waals surface area contributed by atoms with Crippen LogP contribution in [0.4, 0.5) is 5.69 Å². The van der Waals surface area contributed by atoms with Crippen LogP contribution in [0.25, 0.3) is 0 Å². The molecule has 1 aliphatic rings. The molecule has 2 rings (SSSR count). The summed E-state index contributed by atoms with van der Waals surface area (Å²) in [5, 5.41) is 0. The van der Waals surface area contributed by atoms with Gasteiger partial charge in [-0.1, -0.05) is 0 Å². The molecule has 5 nitrogen and oxygen atoms in total. The summed E-state index contributed by atoms with van der Waals surface area (Å²) in [5.74, 6) is 0. The summed E-state index contributed by atoms with van der Waals surface area (Å²) in [6, 6.07) is 4.49. The van der Waals surface area contributed by atoms with E-state index in [1.165, 1.54) is 16.4 Å². The van der Waals surface area contributed by atoms with Crippen molar-refractivity contribution in [3.05, 3.63) is 22.7 Å². The van der Waals surface area contributed by atoms with Gasteiger partial charge in [-0.2, -0.15) is 4.31 Å². The fourth-order valence-corrected chi connectivity index (χ4v) is 4.03. The summed E-state index contributed by atoms with van der Waals surface area (Å²) in [7, 11) is -3.48. The summed E-state index contributed by atoms with van der Waals surface area (Å²) in [5.41, 5.74) is 6.18. The van der Waals surface area contributed by atoms with Crippen molar-refractivity contribution in [1.82, 2.24) is 4.31 Å². The number of nitrogens with two attached hydrogens (primary N) is 1. The molecule has 1 saturated heterocycles. The molecule has 1 aromatic rings. The second-order valence-corrected chi connectivity index (χ2v) is 6.97. The Kier molecular flexibility index (Phi) is 3.96. The van der Waals surface area contributed by atoms with Crippen LogP contribution in [0.3, 0.4) is 0 Å². The molecule has 1 aliphatic heterocycles. The van der Waals surface area contributed by atoms with Crippen LogP contribution in [-0.4, -0.2) is 38.5 Å². The van der Waals surface area contributed by atoms with Gasteiger partial charge in [0.25, 0.3) is 0 Å². The number of hydrogen-bond acceptors (Lipinski definition) is 4. The highest BCUT2D eigenvalue weighted by atomic mass is 79.9. The average molecular weight is 335 g/mol. The van der Waals surface area contributed by atoms with Crippen LogP contribution in [0.2, 0.25) is 0 Å². The van der Waals surface area contributed by atoms with Crippen LogP contribution in [0, 0.1) is 0 Å². The second-order valence-electron chi connectivity index (χ2n) is 4.22. The summed E-state index contributed by atoms with van der Waals surface area (Å²) < 4.78 is 32.2. The first-order chi connectivity index (χ1) is 8.43. The van der Waals surface area contributed by atoms with Gasteiger partial charge in [0.05, 0.1) is 18.1 Å². The van der Waals surface area contributed by atoms with Crippen LogP contribution in [0.15, 0.2) is 27.6 Å². The Balaban J connectivity index is 2.37. The lowest BCUT2D eigenvalue weighted by molar-refractivity contribution is 0.0393. The Morgan fingerprint density at radius 1 is 1.50 bits per heavy atom. The summed E-state index contributed by atoms with van der Waals surface area (Å²) in [4.78, 5) is 0.248. The molecule has 0 aliphatic carbocycles. The van der Waals surface area contributed by atoms with E-state index in [1.807, 2.05) is 6.92 Å². The van der Waals surface area contributed by atoms with Crippen molar-refractivity contribution >= 4 is 31.6 Å². The van der Waals surface area contributed by atoms with Gasteiger partial charge in [-0.05, 0) is 41.1 Å². The zero-order valence-corrected chi connectivity index (χ0v) is 12.4. The van der Waals surface area contributed by atoms with Crippen molar-refractivity contribution in [3.8, 4) is 0 Å². The van der Waals surface area contributed by atoms with Crippen LogP contribution in [0.1, 0.15) is 6.92 Å². The highest BCUT2D eigenvalue weighted by Gasteiger charge is 2.31. The normalized spacial score (nSPS) is 22.0. The van der Waals surface area contributed by atoms with E-state index in [0.717, 1.165) is 0 Å². The fraction of sp³-hybridized carbons (Fsp3) is 0.455. The lowest BCUT2D eigenvalue weighted by Gasteiger charge is -2.32. The molecule has 0 aromatic heterocycles. The predicted octanol–water partition coefficient (Wildman–Crippen LogP) is 1.44. The molecule has 7 heteroatoms. The van der Waals surface area contributed by atoms with Gasteiger partial charge in [0.2, 0.25) is 10.0 Å². The lowest BCUT2D eigenvalue weighted by Crippen LogP contribution is -2.46. The third-order valence-corrected chi connectivity index (χ3v) is 5.58. The number of morpholine rings is 1. The second kappa shape index (κ2) is 5.16. The zero-order chi connectivity index (χ0) is 13.3. The minimum absolute atomic E-state index is 0.153. The number of sulfonamides is 1. The molecule has 0 radical (unpaired) electrons. The maximum atomic E-state index is 12.5. The Morgan fingerprint density at radius 3 is 2.83 bits per heavy atom. The van der Waals surface area contributed by atoms with Crippen molar-refractivity contribution in [2.24, 2.45) is 0 Å². The molecule has 0 amide bonds. The van der Waals surface area contributed by atoms with Crippen LogP contribution in [0.5, 0.6) is 0 Å². The number of halogens is 1. The molecule has 0 unspecified atom stereocenters. The fourth-order valence-electron chi connectivity index (χ4n) is 1.87. The molecule has 0 bridgehead atoms. The van der Waals surface area contributed by atoms with Gasteiger partial charge < -0.3 is 10.5 Å². The number of hydrogen-bond donors (Lipinski definition) is 1. The van der Waals surface area contributed by atoms with Gasteiger partial charge in [-0.25, -0.2) is 8.42 Å². The van der Waals surface area contributed by atoms with E-state index >= 15 is 0 Å². The predicted molar refractivity (Wildman–Crippen MR) is 72.7 cm³/mol. The van der Waals surface area contributed by atoms with E-state index in [4.69, 9.17) is 10.5 Å². The molecule has 1 aromatic carbocycles. The molecule has 1 heterocycles. The highest BCUT2D eigenvalue weighted by Crippen LogP contribution is 2.26. The first kappa shape index (κ1) is 13.8. The van der Waals surface area contributed by atoms with Gasteiger partial charge >= 0.3 is 0 Å². The zero-order valence-electron chi connectivity index (χ0n) is 9.97. The van der Waals surface area contributed by atoms with Crippen LogP contribution < -0.4 is 5.73 Å². The third-order valence-electron chi connectivity index (χ3n) is 2.89. The molecule has 0 saturated carbocycles. The van der Waals surface area contributed by atoms with Crippen molar-refractivity contribution < 1.29 is 13.2 Å². The van der Waals surface area contributed by atoms with Crippen molar-refractivity contribution in [3.63, 3.8) is 0 Å². The maximum absolute atomic E-state index is 12.5. The van der Waals surface area contributed by atoms with Gasteiger partial charge in [0.1, 0.15) is 0 Å². The molecular weight excluding hydrogens is 320 g/mol. The number of benzene rings is 1. The van der Waals surface area contributed by atoms with E-state index in [-0.39, 0.29) is 10.9 Å². The van der Waals surface area contributed by atoms with Gasteiger partial charge in [-0.3, -0.25) is 0 Å². The summed E-state index contributed by atoms with van der Waals surface area (Å²) in [6.45, 7) is 3.07. The number of ether oxygens (including phenoxy) is 1. The van der Waals surface area contributed by atoms with E-state index in [0.29, 0.717) is 29.9 Å². The Bertz CT molecular complexity index is 547. The van der Waals surface area contributed by atoms with E-state index < -0.39 is 10.0 Å². The highest BCUT2D eigenvalue weighted by molar-refractivity contribution is 9.10. The van der Waals surface area contributed by atoms with Crippen LogP contribution in [-0.2, 0) is 14.8 Å². The molecule has 100 valence electrons. The third kappa shape index (κ3) is 2.54. The first-order valence-corrected chi connectivity index (χ1v) is 7.81. The Morgan fingerprint density at radius 2 is 2.22 bits per heavy atom. The summed E-state index contributed by atoms with van der Waals surface area (Å²) >= 11 is 3.24. The quantitative estimate of drug-likeness (QED) is 0.830. The summed E-state index contributed by atoms with van der Waals surface area (Å²) in [6.07, 6.45) is 0. The minimum atomic E-state index is -3.48. The average Bonchev–Trinajstić information content (AvgIpc) is 2.33. The largest absolute Gasteiger partial charge is 0.398 e. The SMILES string of the molecule is C[C@@H]1COCCN1S(=O)(=O)c1ccc(N)c(Br)c1. The van der Waals surface area contributed by atoms with Crippen molar-refractivity contribution in [2.45, 2.75) is 17.9 Å². The molecule has 1 fully saturated rings. The van der Waals surface area contributed by atoms with Crippen molar-refractivity contribution in [2.75, 3.05) is 25.5 Å². The topological polar surface area (TPSA) is 72.6 Å².